The van der Waals surface area contributed by atoms with Gasteiger partial charge in [-0.3, -0.25) is 9.59 Å². The molecule has 0 aliphatic carbocycles. The van der Waals surface area contributed by atoms with E-state index in [-0.39, 0.29) is 17.9 Å². The van der Waals surface area contributed by atoms with Crippen molar-refractivity contribution in [2.45, 2.75) is 26.1 Å². The summed E-state index contributed by atoms with van der Waals surface area (Å²) >= 11 is 0. The highest BCUT2D eigenvalue weighted by Gasteiger charge is 2.29. The molecule has 0 radical (unpaired) electrons. The number of anilines is 1. The zero-order valence-corrected chi connectivity index (χ0v) is 14.9. The predicted molar refractivity (Wildman–Crippen MR) is 90.3 cm³/mol. The Morgan fingerprint density at radius 1 is 1.16 bits per heavy atom. The van der Waals surface area contributed by atoms with Crippen LogP contribution in [0.1, 0.15) is 13.8 Å². The quantitative estimate of drug-likeness (QED) is 0.826. The molecule has 2 atom stereocenters. The monoisotopic (exact) mass is 372 g/mol. The maximum Gasteiger partial charge on any atom is 0.239 e. The standard InChI is InChI=1S/C16H21FN2O5S/c1-11-7-19(8-12(2)24-11)16(21)10-25(22,23)9-15(20)18-14-5-3-13(17)4-6-14/h3-6,11-12H,7-10H2,1-2H3,(H,18,20). The van der Waals surface area contributed by atoms with E-state index >= 15 is 0 Å². The van der Waals surface area contributed by atoms with Crippen molar-refractivity contribution in [1.29, 1.82) is 0 Å². The summed E-state index contributed by atoms with van der Waals surface area (Å²) in [4.78, 5) is 25.5. The van der Waals surface area contributed by atoms with Crippen molar-refractivity contribution >= 4 is 27.3 Å². The van der Waals surface area contributed by atoms with E-state index in [4.69, 9.17) is 4.74 Å². The van der Waals surface area contributed by atoms with Gasteiger partial charge in [0.1, 0.15) is 17.3 Å². The van der Waals surface area contributed by atoms with E-state index < -0.39 is 39.0 Å². The Morgan fingerprint density at radius 2 is 1.72 bits per heavy atom. The van der Waals surface area contributed by atoms with Crippen LogP contribution in [-0.2, 0) is 24.2 Å². The van der Waals surface area contributed by atoms with Crippen LogP contribution in [0.2, 0.25) is 0 Å². The molecule has 2 rings (SSSR count). The largest absolute Gasteiger partial charge is 0.372 e. The summed E-state index contributed by atoms with van der Waals surface area (Å²) in [6.45, 7) is 4.25. The van der Waals surface area contributed by atoms with Gasteiger partial charge in [0, 0.05) is 18.8 Å². The molecule has 1 aliphatic heterocycles. The molecule has 1 aliphatic rings. The number of amides is 2. The van der Waals surface area contributed by atoms with Crippen LogP contribution in [0.25, 0.3) is 0 Å². The molecule has 9 heteroatoms. The van der Waals surface area contributed by atoms with Crippen molar-refractivity contribution in [3.8, 4) is 0 Å². The smallest absolute Gasteiger partial charge is 0.239 e. The highest BCUT2D eigenvalue weighted by molar-refractivity contribution is 7.92. The van der Waals surface area contributed by atoms with E-state index in [0.29, 0.717) is 13.1 Å². The Hall–Kier alpha value is -2.00. The number of benzene rings is 1. The molecule has 0 aromatic heterocycles. The number of hydrogen-bond acceptors (Lipinski definition) is 5. The van der Waals surface area contributed by atoms with Gasteiger partial charge in [-0.1, -0.05) is 0 Å². The molecule has 0 spiro atoms. The highest BCUT2D eigenvalue weighted by atomic mass is 32.2. The molecule has 0 bridgehead atoms. The second-order valence-electron chi connectivity index (χ2n) is 6.14. The second-order valence-corrected chi connectivity index (χ2v) is 8.21. The van der Waals surface area contributed by atoms with Gasteiger partial charge in [-0.2, -0.15) is 0 Å². The van der Waals surface area contributed by atoms with Gasteiger partial charge in [0.05, 0.1) is 12.2 Å². The Balaban J connectivity index is 1.91. The van der Waals surface area contributed by atoms with Gasteiger partial charge in [0.2, 0.25) is 11.8 Å². The third-order valence-electron chi connectivity index (χ3n) is 3.59. The molecule has 2 unspecified atom stereocenters. The van der Waals surface area contributed by atoms with Crippen LogP contribution >= 0.6 is 0 Å². The van der Waals surface area contributed by atoms with Crippen LogP contribution < -0.4 is 5.32 Å². The first-order valence-electron chi connectivity index (χ1n) is 7.84. The van der Waals surface area contributed by atoms with Gasteiger partial charge < -0.3 is 15.0 Å². The summed E-state index contributed by atoms with van der Waals surface area (Å²) in [5, 5.41) is 2.36. The van der Waals surface area contributed by atoms with E-state index in [1.54, 1.807) is 13.8 Å². The normalized spacial score (nSPS) is 21.0. The van der Waals surface area contributed by atoms with Gasteiger partial charge in [-0.05, 0) is 38.1 Å². The lowest BCUT2D eigenvalue weighted by Gasteiger charge is -2.35. The molecule has 2 amide bonds. The molecule has 1 aromatic carbocycles. The fraction of sp³-hybridized carbons (Fsp3) is 0.500. The number of ether oxygens (including phenoxy) is 1. The van der Waals surface area contributed by atoms with Crippen LogP contribution in [0.5, 0.6) is 0 Å². The lowest BCUT2D eigenvalue weighted by Crippen LogP contribution is -2.50. The first kappa shape index (κ1) is 19.3. The number of rotatable bonds is 5. The number of hydrogen-bond donors (Lipinski definition) is 1. The molecule has 25 heavy (non-hydrogen) atoms. The molecular weight excluding hydrogens is 351 g/mol. The fourth-order valence-corrected chi connectivity index (χ4v) is 3.77. The first-order valence-corrected chi connectivity index (χ1v) is 9.66. The number of nitrogens with one attached hydrogen (secondary N) is 1. The molecule has 1 saturated heterocycles. The minimum absolute atomic E-state index is 0.169. The molecule has 1 heterocycles. The number of carbonyl (C=O) groups is 2. The second kappa shape index (κ2) is 7.92. The topological polar surface area (TPSA) is 92.8 Å². The van der Waals surface area contributed by atoms with E-state index in [2.05, 4.69) is 5.32 Å². The molecule has 0 saturated carbocycles. The number of morpholine rings is 1. The summed E-state index contributed by atoms with van der Waals surface area (Å²) in [6, 6.07) is 4.94. The average Bonchev–Trinajstić information content (AvgIpc) is 2.47. The van der Waals surface area contributed by atoms with Gasteiger partial charge in [-0.15, -0.1) is 0 Å². The van der Waals surface area contributed by atoms with E-state index in [1.165, 1.54) is 17.0 Å². The zero-order valence-electron chi connectivity index (χ0n) is 14.1. The predicted octanol–water partition coefficient (Wildman–Crippen LogP) is 0.815. The minimum Gasteiger partial charge on any atom is -0.372 e. The minimum atomic E-state index is -3.91. The first-order chi connectivity index (χ1) is 11.6. The number of nitrogens with zero attached hydrogens (tertiary/aromatic N) is 1. The van der Waals surface area contributed by atoms with Crippen LogP contribution in [0.3, 0.4) is 0 Å². The summed E-state index contributed by atoms with van der Waals surface area (Å²) < 4.78 is 42.5. The Kier molecular flexibility index (Phi) is 6.12. The Bertz CT molecular complexity index is 725. The van der Waals surface area contributed by atoms with E-state index in [0.717, 1.165) is 12.1 Å². The Morgan fingerprint density at radius 3 is 2.28 bits per heavy atom. The van der Waals surface area contributed by atoms with Crippen molar-refractivity contribution in [3.05, 3.63) is 30.1 Å². The maximum atomic E-state index is 12.8. The highest BCUT2D eigenvalue weighted by Crippen LogP contribution is 2.12. The Labute approximate surface area is 146 Å². The van der Waals surface area contributed by atoms with Gasteiger partial charge in [0.15, 0.2) is 9.84 Å². The van der Waals surface area contributed by atoms with Crippen LogP contribution in [0, 0.1) is 5.82 Å². The van der Waals surface area contributed by atoms with Crippen molar-refractivity contribution in [2.75, 3.05) is 29.9 Å². The zero-order chi connectivity index (χ0) is 18.6. The molecule has 1 aromatic rings. The molecule has 7 nitrogen and oxygen atoms in total. The third-order valence-corrected chi connectivity index (χ3v) is 4.98. The molecule has 1 N–H and O–H groups in total. The summed E-state index contributed by atoms with van der Waals surface area (Å²) in [7, 11) is -3.91. The fourth-order valence-electron chi connectivity index (χ4n) is 2.64. The van der Waals surface area contributed by atoms with Crippen molar-refractivity contribution < 1.29 is 27.1 Å². The van der Waals surface area contributed by atoms with Crippen LogP contribution in [-0.4, -0.2) is 61.9 Å². The summed E-state index contributed by atoms with van der Waals surface area (Å²) in [5.41, 5.74) is 0.281. The lowest BCUT2D eigenvalue weighted by molar-refractivity contribution is -0.140. The van der Waals surface area contributed by atoms with Gasteiger partial charge in [-0.25, -0.2) is 12.8 Å². The van der Waals surface area contributed by atoms with Crippen molar-refractivity contribution in [1.82, 2.24) is 4.90 Å². The van der Waals surface area contributed by atoms with E-state index in [1.807, 2.05) is 0 Å². The lowest BCUT2D eigenvalue weighted by atomic mass is 10.2. The molecule has 138 valence electrons. The maximum absolute atomic E-state index is 12.8. The average molecular weight is 372 g/mol. The van der Waals surface area contributed by atoms with Crippen molar-refractivity contribution in [2.24, 2.45) is 0 Å². The third kappa shape index (κ3) is 6.09. The molecule has 1 fully saturated rings. The van der Waals surface area contributed by atoms with Gasteiger partial charge in [0.25, 0.3) is 0 Å². The SMILES string of the molecule is CC1CN(C(=O)CS(=O)(=O)CC(=O)Nc2ccc(F)cc2)CC(C)O1. The van der Waals surface area contributed by atoms with Crippen LogP contribution in [0.15, 0.2) is 24.3 Å². The number of halogens is 1. The summed E-state index contributed by atoms with van der Waals surface area (Å²) in [5.74, 6) is -3.33. The van der Waals surface area contributed by atoms with E-state index in [9.17, 15) is 22.4 Å². The molecular formula is C16H21FN2O5S. The summed E-state index contributed by atoms with van der Waals surface area (Å²) in [6.07, 6.45) is -0.339. The van der Waals surface area contributed by atoms with Gasteiger partial charge >= 0.3 is 0 Å². The van der Waals surface area contributed by atoms with Crippen LogP contribution in [0.4, 0.5) is 10.1 Å². The van der Waals surface area contributed by atoms with Crippen molar-refractivity contribution in [3.63, 3.8) is 0 Å². The number of sulfone groups is 1. The number of carbonyl (C=O) groups excluding carboxylic acids is 2.